The Bertz CT molecular complexity index is 658. The summed E-state index contributed by atoms with van der Waals surface area (Å²) in [7, 11) is 4.04. The van der Waals surface area contributed by atoms with E-state index in [0.29, 0.717) is 139 Å². The first-order valence-corrected chi connectivity index (χ1v) is 15.3. The van der Waals surface area contributed by atoms with Gasteiger partial charge in [-0.15, -0.1) is 0 Å². The minimum atomic E-state index is 0.519. The van der Waals surface area contributed by atoms with Gasteiger partial charge in [0.1, 0.15) is 0 Å². The molecule has 0 fully saturated rings. The number of nitrogens with zero attached hydrogens (tertiary/aromatic N) is 1. The Labute approximate surface area is 259 Å². The van der Waals surface area contributed by atoms with Crippen LogP contribution in [0.3, 0.4) is 0 Å². The average molecular weight is 620 g/mol. The van der Waals surface area contributed by atoms with Crippen molar-refractivity contribution in [3.8, 4) is 0 Å². The topological polar surface area (TPSA) is 105 Å². The van der Waals surface area contributed by atoms with Crippen molar-refractivity contribution in [1.29, 1.82) is 0 Å². The van der Waals surface area contributed by atoms with Gasteiger partial charge >= 0.3 is 0 Å². The Morgan fingerprint density at radius 2 is 0.605 bits per heavy atom. The van der Waals surface area contributed by atoms with Crippen molar-refractivity contribution >= 4 is 0 Å². The normalized spacial score (nSPS) is 11.6. The average Bonchev–Trinajstić information content (AvgIpc) is 3.01. The van der Waals surface area contributed by atoms with Crippen LogP contribution in [-0.4, -0.2) is 164 Å². The van der Waals surface area contributed by atoms with E-state index >= 15 is 0 Å². The molecule has 12 nitrogen and oxygen atoms in total. The molecule has 0 atom stereocenters. The molecule has 1 aromatic carbocycles. The van der Waals surface area contributed by atoms with Gasteiger partial charge in [0, 0.05) is 6.54 Å². The summed E-state index contributed by atoms with van der Waals surface area (Å²) in [5.41, 5.74) is 1.16. The van der Waals surface area contributed by atoms with Gasteiger partial charge in [0.05, 0.1) is 145 Å². The fourth-order valence-corrected chi connectivity index (χ4v) is 3.21. The highest BCUT2D eigenvalue weighted by Gasteiger charge is 1.97. The molecule has 0 saturated heterocycles. The van der Waals surface area contributed by atoms with E-state index in [0.717, 1.165) is 18.7 Å². The van der Waals surface area contributed by atoms with E-state index in [2.05, 4.69) is 4.90 Å². The Morgan fingerprint density at radius 3 is 0.884 bits per heavy atom. The molecule has 252 valence electrons. The van der Waals surface area contributed by atoms with Crippen LogP contribution in [0.2, 0.25) is 0 Å². The lowest BCUT2D eigenvalue weighted by atomic mass is 10.2. The van der Waals surface area contributed by atoms with E-state index < -0.39 is 0 Å². The molecule has 0 amide bonds. The SMILES string of the molecule is CN(C)CCOCCOCCOCCOCCOCCOCCOCCOCCOCCOCCOCc1ccccc1. The third-order valence-corrected chi connectivity index (χ3v) is 5.51. The number of hydrogen-bond acceptors (Lipinski definition) is 12. The summed E-state index contributed by atoms with van der Waals surface area (Å²) in [6.07, 6.45) is 0. The van der Waals surface area contributed by atoms with Crippen LogP contribution in [0.5, 0.6) is 0 Å². The quantitative estimate of drug-likeness (QED) is 0.104. The molecule has 0 aliphatic heterocycles. The smallest absolute Gasteiger partial charge is 0.0718 e. The maximum absolute atomic E-state index is 5.56. The zero-order chi connectivity index (χ0) is 30.7. The molecule has 12 heteroatoms. The molecule has 0 unspecified atom stereocenters. The molecular formula is C31H57NO11. The second-order valence-corrected chi connectivity index (χ2v) is 9.47. The van der Waals surface area contributed by atoms with Crippen molar-refractivity contribution in [3.63, 3.8) is 0 Å². The molecule has 0 aromatic heterocycles. The maximum Gasteiger partial charge on any atom is 0.0718 e. The summed E-state index contributed by atoms with van der Waals surface area (Å²) in [6.45, 7) is 13.0. The lowest BCUT2D eigenvalue weighted by molar-refractivity contribution is -0.0278. The van der Waals surface area contributed by atoms with E-state index in [4.69, 9.17) is 52.1 Å². The van der Waals surface area contributed by atoms with E-state index in [-0.39, 0.29) is 0 Å². The van der Waals surface area contributed by atoms with Crippen LogP contribution in [0.1, 0.15) is 5.56 Å². The predicted octanol–water partition coefficient (Wildman–Crippen LogP) is 1.93. The second-order valence-electron chi connectivity index (χ2n) is 9.47. The van der Waals surface area contributed by atoms with Gasteiger partial charge in [-0.05, 0) is 19.7 Å². The summed E-state index contributed by atoms with van der Waals surface area (Å²) < 4.78 is 60.3. The molecule has 43 heavy (non-hydrogen) atoms. The molecule has 0 saturated carbocycles. The Hall–Kier alpha value is -1.26. The number of likely N-dealkylation sites (N-methyl/N-ethyl adjacent to an activating group) is 1. The lowest BCUT2D eigenvalue weighted by Crippen LogP contribution is -2.19. The van der Waals surface area contributed by atoms with Gasteiger partial charge in [-0.25, -0.2) is 0 Å². The minimum Gasteiger partial charge on any atom is -0.378 e. The zero-order valence-electron chi connectivity index (χ0n) is 26.6. The van der Waals surface area contributed by atoms with E-state index in [1.807, 2.05) is 44.4 Å². The van der Waals surface area contributed by atoms with E-state index in [9.17, 15) is 0 Å². The summed E-state index contributed by atoms with van der Waals surface area (Å²) in [6, 6.07) is 10.1. The van der Waals surface area contributed by atoms with Crippen LogP contribution in [0.15, 0.2) is 30.3 Å². The van der Waals surface area contributed by atoms with Gasteiger partial charge in [0.15, 0.2) is 0 Å². The fourth-order valence-electron chi connectivity index (χ4n) is 3.21. The molecule has 0 spiro atoms. The molecule has 0 aliphatic carbocycles. The van der Waals surface area contributed by atoms with Crippen molar-refractivity contribution in [3.05, 3.63) is 35.9 Å². The van der Waals surface area contributed by atoms with Crippen LogP contribution in [0.25, 0.3) is 0 Å². The minimum absolute atomic E-state index is 0.519. The first-order valence-electron chi connectivity index (χ1n) is 15.3. The van der Waals surface area contributed by atoms with Crippen LogP contribution in [0.4, 0.5) is 0 Å². The van der Waals surface area contributed by atoms with Crippen molar-refractivity contribution in [2.45, 2.75) is 6.61 Å². The van der Waals surface area contributed by atoms with Crippen LogP contribution < -0.4 is 0 Å². The zero-order valence-corrected chi connectivity index (χ0v) is 26.6. The highest BCUT2D eigenvalue weighted by Crippen LogP contribution is 2.00. The monoisotopic (exact) mass is 619 g/mol. The van der Waals surface area contributed by atoms with Gasteiger partial charge in [-0.2, -0.15) is 0 Å². The lowest BCUT2D eigenvalue weighted by Gasteiger charge is -2.10. The summed E-state index contributed by atoms with van der Waals surface area (Å²) >= 11 is 0. The molecule has 1 rings (SSSR count). The van der Waals surface area contributed by atoms with Crippen molar-refractivity contribution in [1.82, 2.24) is 4.90 Å². The Kier molecular flexibility index (Phi) is 31.1. The number of rotatable bonds is 35. The molecule has 0 N–H and O–H groups in total. The first-order chi connectivity index (χ1) is 21.3. The van der Waals surface area contributed by atoms with Gasteiger partial charge in [0.25, 0.3) is 0 Å². The fraction of sp³-hybridized carbons (Fsp3) is 0.806. The van der Waals surface area contributed by atoms with Gasteiger partial charge in [-0.1, -0.05) is 30.3 Å². The highest BCUT2D eigenvalue weighted by atomic mass is 16.6. The van der Waals surface area contributed by atoms with Crippen molar-refractivity contribution in [2.24, 2.45) is 0 Å². The van der Waals surface area contributed by atoms with Gasteiger partial charge in [-0.3, -0.25) is 0 Å². The predicted molar refractivity (Wildman–Crippen MR) is 163 cm³/mol. The van der Waals surface area contributed by atoms with E-state index in [1.54, 1.807) is 0 Å². The Balaban J connectivity index is 1.61. The van der Waals surface area contributed by atoms with Gasteiger partial charge < -0.3 is 57.0 Å². The van der Waals surface area contributed by atoms with Crippen LogP contribution >= 0.6 is 0 Å². The number of benzene rings is 1. The summed E-state index contributed by atoms with van der Waals surface area (Å²) in [5, 5.41) is 0. The molecule has 0 bridgehead atoms. The van der Waals surface area contributed by atoms with E-state index in [1.165, 1.54) is 0 Å². The largest absolute Gasteiger partial charge is 0.378 e. The Morgan fingerprint density at radius 1 is 0.349 bits per heavy atom. The van der Waals surface area contributed by atoms with Crippen LogP contribution in [-0.2, 0) is 58.7 Å². The molecular weight excluding hydrogens is 562 g/mol. The van der Waals surface area contributed by atoms with Crippen molar-refractivity contribution < 1.29 is 52.1 Å². The molecule has 1 aromatic rings. The second kappa shape index (κ2) is 33.6. The standard InChI is InChI=1S/C31H57NO11/c1-32(2)8-9-33-10-11-34-12-13-35-14-15-36-16-17-37-18-19-38-20-21-39-22-23-40-24-25-41-26-27-42-28-29-43-30-31-6-4-3-5-7-31/h3-7H,8-30H2,1-2H3. The highest BCUT2D eigenvalue weighted by molar-refractivity contribution is 5.13. The third kappa shape index (κ3) is 32.0. The molecule has 0 radical (unpaired) electrons. The molecule has 0 aliphatic rings. The first kappa shape index (κ1) is 39.8. The number of hydrogen-bond donors (Lipinski definition) is 0. The maximum atomic E-state index is 5.56. The number of ether oxygens (including phenoxy) is 11. The molecule has 0 heterocycles. The van der Waals surface area contributed by atoms with Gasteiger partial charge in [0.2, 0.25) is 0 Å². The van der Waals surface area contributed by atoms with Crippen LogP contribution in [0, 0.1) is 0 Å². The van der Waals surface area contributed by atoms with Crippen molar-refractivity contribution in [2.75, 3.05) is 159 Å². The third-order valence-electron chi connectivity index (χ3n) is 5.51. The summed E-state index contributed by atoms with van der Waals surface area (Å²) in [4.78, 5) is 2.08. The summed E-state index contributed by atoms with van der Waals surface area (Å²) in [5.74, 6) is 0.